The Morgan fingerprint density at radius 2 is 0.722 bits per heavy atom. The minimum Gasteiger partial charge on any atom is -0.481 e. The molecule has 0 saturated heterocycles. The number of amides is 2. The van der Waals surface area contributed by atoms with E-state index >= 15 is 0 Å². The lowest BCUT2D eigenvalue weighted by atomic mass is 10.0. The molecule has 206 valence electrons. The molecule has 0 aliphatic carbocycles. The van der Waals surface area contributed by atoms with Crippen molar-refractivity contribution in [2.75, 3.05) is 0 Å². The summed E-state index contributed by atoms with van der Waals surface area (Å²) in [6.07, 6.45) is 8.49. The lowest BCUT2D eigenvalue weighted by molar-refractivity contribution is -0.144. The SMILES string of the molecule is O=C(O)CC[C@@H](NC(=O)CCCCCCCCCCCCC(=O)N[C@H](CCC(=O)O)C(=O)O)C(=O)O. The molecule has 0 rings (SSSR count). The van der Waals surface area contributed by atoms with Gasteiger partial charge >= 0.3 is 23.9 Å². The predicted molar refractivity (Wildman–Crippen MR) is 128 cm³/mol. The normalized spacial score (nSPS) is 12.3. The first-order valence-corrected chi connectivity index (χ1v) is 12.5. The monoisotopic (exact) mass is 516 g/mol. The first-order valence-electron chi connectivity index (χ1n) is 12.5. The summed E-state index contributed by atoms with van der Waals surface area (Å²) >= 11 is 0. The fraction of sp³-hybridized carbons (Fsp3) is 0.750. The van der Waals surface area contributed by atoms with E-state index in [-0.39, 0.29) is 50.3 Å². The number of hydrogen-bond acceptors (Lipinski definition) is 6. The van der Waals surface area contributed by atoms with E-state index in [0.717, 1.165) is 51.4 Å². The fourth-order valence-corrected chi connectivity index (χ4v) is 3.57. The summed E-state index contributed by atoms with van der Waals surface area (Å²) in [4.78, 5) is 67.0. The molecule has 2 amide bonds. The summed E-state index contributed by atoms with van der Waals surface area (Å²) in [6.45, 7) is 0. The van der Waals surface area contributed by atoms with Gasteiger partial charge in [0.25, 0.3) is 0 Å². The summed E-state index contributed by atoms with van der Waals surface area (Å²) in [5, 5.41) is 40.1. The van der Waals surface area contributed by atoms with Crippen molar-refractivity contribution in [3.63, 3.8) is 0 Å². The van der Waals surface area contributed by atoms with Gasteiger partial charge in [-0.2, -0.15) is 0 Å². The third kappa shape index (κ3) is 19.2. The van der Waals surface area contributed by atoms with Crippen molar-refractivity contribution < 1.29 is 49.2 Å². The highest BCUT2D eigenvalue weighted by molar-refractivity contribution is 5.84. The van der Waals surface area contributed by atoms with Gasteiger partial charge in [0.1, 0.15) is 12.1 Å². The molecule has 0 aromatic rings. The van der Waals surface area contributed by atoms with Gasteiger partial charge in [0, 0.05) is 25.7 Å². The van der Waals surface area contributed by atoms with Crippen molar-refractivity contribution in [1.29, 1.82) is 0 Å². The fourth-order valence-electron chi connectivity index (χ4n) is 3.57. The summed E-state index contributed by atoms with van der Waals surface area (Å²) in [5.74, 6) is -5.48. The molecule has 0 aromatic heterocycles. The van der Waals surface area contributed by atoms with Gasteiger partial charge in [-0.3, -0.25) is 19.2 Å². The Morgan fingerprint density at radius 3 is 0.972 bits per heavy atom. The molecular weight excluding hydrogens is 476 g/mol. The Hall–Kier alpha value is -3.18. The molecule has 0 fully saturated rings. The Balaban J connectivity index is 3.70. The number of carboxylic acids is 4. The quantitative estimate of drug-likeness (QED) is 0.109. The number of carbonyl (C=O) groups is 6. The van der Waals surface area contributed by atoms with Crippen molar-refractivity contribution in [1.82, 2.24) is 10.6 Å². The van der Waals surface area contributed by atoms with E-state index in [9.17, 15) is 28.8 Å². The van der Waals surface area contributed by atoms with Crippen LogP contribution in [-0.4, -0.2) is 68.2 Å². The van der Waals surface area contributed by atoms with Gasteiger partial charge in [0.2, 0.25) is 11.8 Å². The molecule has 0 spiro atoms. The Morgan fingerprint density at radius 1 is 0.444 bits per heavy atom. The van der Waals surface area contributed by atoms with Crippen LogP contribution in [0.15, 0.2) is 0 Å². The van der Waals surface area contributed by atoms with Gasteiger partial charge in [-0.25, -0.2) is 9.59 Å². The van der Waals surface area contributed by atoms with Crippen LogP contribution in [0.3, 0.4) is 0 Å². The van der Waals surface area contributed by atoms with E-state index in [1.807, 2.05) is 0 Å². The van der Waals surface area contributed by atoms with Crippen molar-refractivity contribution in [2.24, 2.45) is 0 Å². The lowest BCUT2D eigenvalue weighted by Gasteiger charge is -2.13. The van der Waals surface area contributed by atoms with Gasteiger partial charge in [0.05, 0.1) is 0 Å². The van der Waals surface area contributed by atoms with Crippen LogP contribution in [0.1, 0.15) is 103 Å². The first-order chi connectivity index (χ1) is 17.0. The van der Waals surface area contributed by atoms with E-state index in [2.05, 4.69) is 10.6 Å². The highest BCUT2D eigenvalue weighted by Crippen LogP contribution is 2.12. The number of nitrogens with one attached hydrogen (secondary N) is 2. The van der Waals surface area contributed by atoms with Gasteiger partial charge in [-0.1, -0.05) is 51.4 Å². The van der Waals surface area contributed by atoms with E-state index in [4.69, 9.17) is 20.4 Å². The van der Waals surface area contributed by atoms with Crippen LogP contribution < -0.4 is 10.6 Å². The molecule has 12 nitrogen and oxygen atoms in total. The third-order valence-corrected chi connectivity index (χ3v) is 5.62. The van der Waals surface area contributed by atoms with Crippen molar-refractivity contribution in [2.45, 2.75) is 115 Å². The minimum atomic E-state index is -1.24. The lowest BCUT2D eigenvalue weighted by Crippen LogP contribution is -2.41. The zero-order valence-corrected chi connectivity index (χ0v) is 20.7. The van der Waals surface area contributed by atoms with E-state index in [1.54, 1.807) is 0 Å². The van der Waals surface area contributed by atoms with Crippen molar-refractivity contribution in [3.05, 3.63) is 0 Å². The number of unbranched alkanes of at least 4 members (excludes halogenated alkanes) is 9. The molecular formula is C24H40N2O10. The average Bonchev–Trinajstić information content (AvgIpc) is 2.79. The molecule has 0 aromatic carbocycles. The smallest absolute Gasteiger partial charge is 0.326 e. The summed E-state index contributed by atoms with van der Waals surface area (Å²) in [5.41, 5.74) is 0. The van der Waals surface area contributed by atoms with Crippen LogP contribution >= 0.6 is 0 Å². The van der Waals surface area contributed by atoms with E-state index in [0.29, 0.717) is 12.8 Å². The minimum absolute atomic E-state index is 0.149. The van der Waals surface area contributed by atoms with Gasteiger partial charge in [-0.15, -0.1) is 0 Å². The maximum Gasteiger partial charge on any atom is 0.326 e. The molecule has 0 saturated carbocycles. The summed E-state index contributed by atoms with van der Waals surface area (Å²) < 4.78 is 0. The molecule has 12 heteroatoms. The molecule has 0 heterocycles. The topological polar surface area (TPSA) is 207 Å². The molecule has 0 unspecified atom stereocenters. The van der Waals surface area contributed by atoms with Crippen LogP contribution in [-0.2, 0) is 28.8 Å². The molecule has 2 atom stereocenters. The Bertz CT molecular complexity index is 666. The summed E-state index contributed by atoms with van der Waals surface area (Å²) in [7, 11) is 0. The zero-order chi connectivity index (χ0) is 27.3. The Labute approximate surface area is 210 Å². The van der Waals surface area contributed by atoms with Gasteiger partial charge < -0.3 is 31.1 Å². The maximum atomic E-state index is 11.8. The average molecular weight is 517 g/mol. The summed E-state index contributed by atoms with van der Waals surface area (Å²) in [6, 6.07) is -2.37. The van der Waals surface area contributed by atoms with E-state index < -0.39 is 36.0 Å². The second kappa shape index (κ2) is 20.1. The van der Waals surface area contributed by atoms with Crippen LogP contribution in [0.5, 0.6) is 0 Å². The number of aliphatic carboxylic acids is 4. The van der Waals surface area contributed by atoms with Crippen molar-refractivity contribution in [3.8, 4) is 0 Å². The molecule has 6 N–H and O–H groups in total. The second-order valence-corrected chi connectivity index (χ2v) is 8.82. The molecule has 36 heavy (non-hydrogen) atoms. The zero-order valence-electron chi connectivity index (χ0n) is 20.7. The number of carboxylic acid groups (broad SMARTS) is 4. The first kappa shape index (κ1) is 32.8. The number of carbonyl (C=O) groups excluding carboxylic acids is 2. The number of hydrogen-bond donors (Lipinski definition) is 6. The molecule has 0 aliphatic rings. The van der Waals surface area contributed by atoms with Crippen LogP contribution in [0.2, 0.25) is 0 Å². The number of rotatable bonds is 23. The largest absolute Gasteiger partial charge is 0.481 e. The van der Waals surface area contributed by atoms with Crippen LogP contribution in [0, 0.1) is 0 Å². The van der Waals surface area contributed by atoms with Crippen LogP contribution in [0.25, 0.3) is 0 Å². The Kier molecular flexibility index (Phi) is 18.3. The standard InChI is InChI=1S/C24H40N2O10/c27-19(25-17(23(33)34)13-15-21(29)30)11-9-7-5-3-1-2-4-6-8-10-12-20(28)26-18(24(35)36)14-16-22(31)32/h17-18H,1-16H2,(H,25,27)(H,26,28)(H,29,30)(H,31,32)(H,33,34)(H,35,36)/t17-,18-/m1/s1. The maximum absolute atomic E-state index is 11.8. The second-order valence-electron chi connectivity index (χ2n) is 8.82. The molecule has 0 radical (unpaired) electrons. The van der Waals surface area contributed by atoms with Gasteiger partial charge in [-0.05, 0) is 25.7 Å². The predicted octanol–water partition coefficient (Wildman–Crippen LogP) is 2.54. The van der Waals surface area contributed by atoms with Crippen LogP contribution in [0.4, 0.5) is 0 Å². The highest BCUT2D eigenvalue weighted by Gasteiger charge is 2.21. The third-order valence-electron chi connectivity index (χ3n) is 5.62. The molecule has 0 aliphatic heterocycles. The van der Waals surface area contributed by atoms with Crippen molar-refractivity contribution >= 4 is 35.7 Å². The highest BCUT2D eigenvalue weighted by atomic mass is 16.4. The van der Waals surface area contributed by atoms with E-state index in [1.165, 1.54) is 0 Å². The molecule has 0 bridgehead atoms. The van der Waals surface area contributed by atoms with Gasteiger partial charge in [0.15, 0.2) is 0 Å².